The van der Waals surface area contributed by atoms with Gasteiger partial charge in [0.25, 0.3) is 0 Å². The third-order valence-corrected chi connectivity index (χ3v) is 5.58. The van der Waals surface area contributed by atoms with Gasteiger partial charge < -0.3 is 5.11 Å². The van der Waals surface area contributed by atoms with Gasteiger partial charge in [-0.3, -0.25) is 0 Å². The van der Waals surface area contributed by atoms with Crippen LogP contribution >= 0.6 is 15.9 Å². The summed E-state index contributed by atoms with van der Waals surface area (Å²) < 4.78 is 40.2. The maximum atomic E-state index is 13.4. The highest BCUT2D eigenvalue weighted by molar-refractivity contribution is 9.10. The minimum atomic E-state index is -3.71. The van der Waals surface area contributed by atoms with Crippen LogP contribution in [0, 0.1) is 11.7 Å². The molecule has 1 aliphatic rings. The molecule has 1 fully saturated rings. The Kier molecular flexibility index (Phi) is 5.17. The molecule has 0 bridgehead atoms. The fraction of sp³-hybridized carbons (Fsp3) is 0.538. The minimum Gasteiger partial charge on any atom is -0.393 e. The summed E-state index contributed by atoms with van der Waals surface area (Å²) in [6.07, 6.45) is 2.84. The van der Waals surface area contributed by atoms with Crippen LogP contribution in [0.1, 0.15) is 25.7 Å². The standard InChI is InChI=1S/C13H17BrFNO3S/c14-12-5-4-11(7-13(12)15)20(18,19)16-8-9-2-1-3-10(17)6-9/h4-5,7,9-10,16-17H,1-3,6,8H2. The molecule has 7 heteroatoms. The number of aliphatic hydroxyl groups is 1. The predicted molar refractivity (Wildman–Crippen MR) is 77.3 cm³/mol. The van der Waals surface area contributed by atoms with Gasteiger partial charge in [0.15, 0.2) is 0 Å². The summed E-state index contributed by atoms with van der Waals surface area (Å²) in [6, 6.07) is 3.71. The van der Waals surface area contributed by atoms with Gasteiger partial charge in [-0.25, -0.2) is 17.5 Å². The average Bonchev–Trinajstić information content (AvgIpc) is 2.40. The van der Waals surface area contributed by atoms with Gasteiger partial charge in [-0.05, 0) is 59.3 Å². The van der Waals surface area contributed by atoms with Crippen molar-refractivity contribution in [1.29, 1.82) is 0 Å². The van der Waals surface area contributed by atoms with E-state index in [2.05, 4.69) is 20.7 Å². The molecular weight excluding hydrogens is 349 g/mol. The zero-order valence-electron chi connectivity index (χ0n) is 10.9. The third kappa shape index (κ3) is 4.00. The topological polar surface area (TPSA) is 66.4 Å². The van der Waals surface area contributed by atoms with E-state index in [1.807, 2.05) is 0 Å². The smallest absolute Gasteiger partial charge is 0.240 e. The Morgan fingerprint density at radius 2 is 2.15 bits per heavy atom. The Morgan fingerprint density at radius 1 is 1.40 bits per heavy atom. The lowest BCUT2D eigenvalue weighted by Gasteiger charge is -2.25. The van der Waals surface area contributed by atoms with Crippen molar-refractivity contribution in [2.45, 2.75) is 36.7 Å². The lowest BCUT2D eigenvalue weighted by atomic mass is 9.87. The molecule has 1 aliphatic carbocycles. The van der Waals surface area contributed by atoms with E-state index in [4.69, 9.17) is 0 Å². The maximum absolute atomic E-state index is 13.4. The molecule has 1 aromatic rings. The second kappa shape index (κ2) is 6.51. The average molecular weight is 366 g/mol. The summed E-state index contributed by atoms with van der Waals surface area (Å²) in [5.74, 6) is -0.477. The first kappa shape index (κ1) is 15.9. The van der Waals surface area contributed by atoms with Gasteiger partial charge in [0, 0.05) is 6.54 Å². The van der Waals surface area contributed by atoms with Gasteiger partial charge in [0.2, 0.25) is 10.0 Å². The highest BCUT2D eigenvalue weighted by Gasteiger charge is 2.23. The molecule has 0 amide bonds. The number of aliphatic hydroxyl groups excluding tert-OH is 1. The van der Waals surface area contributed by atoms with Gasteiger partial charge in [-0.2, -0.15) is 0 Å². The van der Waals surface area contributed by atoms with Crippen molar-refractivity contribution >= 4 is 26.0 Å². The number of hydrogen-bond acceptors (Lipinski definition) is 3. The van der Waals surface area contributed by atoms with Crippen LogP contribution in [-0.2, 0) is 10.0 Å². The van der Waals surface area contributed by atoms with E-state index < -0.39 is 15.8 Å². The van der Waals surface area contributed by atoms with E-state index in [1.165, 1.54) is 12.1 Å². The number of nitrogens with one attached hydrogen (secondary N) is 1. The van der Waals surface area contributed by atoms with Crippen LogP contribution < -0.4 is 4.72 Å². The summed E-state index contributed by atoms with van der Waals surface area (Å²) in [6.45, 7) is 0.275. The van der Waals surface area contributed by atoms with Crippen molar-refractivity contribution in [1.82, 2.24) is 4.72 Å². The monoisotopic (exact) mass is 365 g/mol. The Balaban J connectivity index is 2.01. The molecule has 0 heterocycles. The fourth-order valence-electron chi connectivity index (χ4n) is 2.40. The molecule has 2 N–H and O–H groups in total. The maximum Gasteiger partial charge on any atom is 0.240 e. The first-order valence-corrected chi connectivity index (χ1v) is 8.79. The Hall–Kier alpha value is -0.500. The van der Waals surface area contributed by atoms with Gasteiger partial charge >= 0.3 is 0 Å². The Bertz CT molecular complexity index is 579. The molecule has 20 heavy (non-hydrogen) atoms. The lowest BCUT2D eigenvalue weighted by Crippen LogP contribution is -2.33. The molecule has 0 spiro atoms. The van der Waals surface area contributed by atoms with Gasteiger partial charge in [-0.15, -0.1) is 0 Å². The van der Waals surface area contributed by atoms with Crippen LogP contribution in [0.15, 0.2) is 27.6 Å². The summed E-state index contributed by atoms with van der Waals surface area (Å²) in [5, 5.41) is 9.56. The second-order valence-electron chi connectivity index (χ2n) is 5.11. The molecule has 2 rings (SSSR count). The van der Waals surface area contributed by atoms with Crippen molar-refractivity contribution in [3.63, 3.8) is 0 Å². The molecule has 0 radical (unpaired) electrons. The number of hydrogen-bond donors (Lipinski definition) is 2. The second-order valence-corrected chi connectivity index (χ2v) is 7.74. The van der Waals surface area contributed by atoms with Gasteiger partial charge in [-0.1, -0.05) is 6.42 Å². The number of rotatable bonds is 4. The minimum absolute atomic E-state index is 0.0884. The van der Waals surface area contributed by atoms with Crippen LogP contribution in [0.3, 0.4) is 0 Å². The lowest BCUT2D eigenvalue weighted by molar-refractivity contribution is 0.102. The summed E-state index contributed by atoms with van der Waals surface area (Å²) in [7, 11) is -3.71. The zero-order chi connectivity index (χ0) is 14.8. The van der Waals surface area contributed by atoms with Crippen LogP contribution in [0.25, 0.3) is 0 Å². The largest absolute Gasteiger partial charge is 0.393 e. The molecule has 4 nitrogen and oxygen atoms in total. The van der Waals surface area contributed by atoms with E-state index in [0.29, 0.717) is 6.42 Å². The number of sulfonamides is 1. The molecule has 0 saturated heterocycles. The molecule has 1 aromatic carbocycles. The zero-order valence-corrected chi connectivity index (χ0v) is 13.3. The van der Waals surface area contributed by atoms with Crippen molar-refractivity contribution in [3.05, 3.63) is 28.5 Å². The van der Waals surface area contributed by atoms with Crippen LogP contribution in [0.4, 0.5) is 4.39 Å². The molecule has 1 saturated carbocycles. The van der Waals surface area contributed by atoms with Gasteiger partial charge in [0.1, 0.15) is 5.82 Å². The molecule has 2 atom stereocenters. The third-order valence-electron chi connectivity index (χ3n) is 3.52. The summed E-state index contributed by atoms with van der Waals surface area (Å²) in [5.41, 5.74) is 0. The van der Waals surface area contributed by atoms with E-state index in [9.17, 15) is 17.9 Å². The summed E-state index contributed by atoms with van der Waals surface area (Å²) >= 11 is 2.99. The van der Waals surface area contributed by atoms with E-state index in [-0.39, 0.29) is 27.9 Å². The van der Waals surface area contributed by atoms with Crippen LogP contribution in [-0.4, -0.2) is 26.2 Å². The molecule has 0 aromatic heterocycles. The van der Waals surface area contributed by atoms with Crippen molar-refractivity contribution in [2.75, 3.05) is 6.54 Å². The van der Waals surface area contributed by atoms with Crippen LogP contribution in [0.2, 0.25) is 0 Å². The highest BCUT2D eigenvalue weighted by atomic mass is 79.9. The van der Waals surface area contributed by atoms with Crippen LogP contribution in [0.5, 0.6) is 0 Å². The van der Waals surface area contributed by atoms with Crippen molar-refractivity contribution < 1.29 is 17.9 Å². The van der Waals surface area contributed by atoms with Crippen molar-refractivity contribution in [2.24, 2.45) is 5.92 Å². The predicted octanol–water partition coefficient (Wildman–Crippen LogP) is 2.42. The number of benzene rings is 1. The van der Waals surface area contributed by atoms with E-state index >= 15 is 0 Å². The normalized spacial score (nSPS) is 23.8. The number of halogens is 2. The first-order valence-electron chi connectivity index (χ1n) is 6.51. The van der Waals surface area contributed by atoms with Gasteiger partial charge in [0.05, 0.1) is 15.5 Å². The van der Waals surface area contributed by atoms with Crippen molar-refractivity contribution in [3.8, 4) is 0 Å². The quantitative estimate of drug-likeness (QED) is 0.860. The highest BCUT2D eigenvalue weighted by Crippen LogP contribution is 2.24. The SMILES string of the molecule is O=S(=O)(NCC1CCCC(O)C1)c1ccc(Br)c(F)c1. The van der Waals surface area contributed by atoms with E-state index in [1.54, 1.807) is 0 Å². The molecule has 112 valence electrons. The first-order chi connectivity index (χ1) is 9.38. The summed E-state index contributed by atoms with van der Waals surface area (Å²) in [4.78, 5) is -0.0884. The van der Waals surface area contributed by atoms with E-state index in [0.717, 1.165) is 25.3 Å². The molecular formula is C13H17BrFNO3S. The Labute approximate surface area is 126 Å². The molecule has 0 aliphatic heterocycles. The fourth-order valence-corrected chi connectivity index (χ4v) is 3.78. The Morgan fingerprint density at radius 3 is 2.80 bits per heavy atom. The molecule has 2 unspecified atom stereocenters.